The Balaban J connectivity index is 2.66. The number of aryl methyl sites for hydroxylation is 2. The topological polar surface area (TPSA) is 80.5 Å². The average Bonchev–Trinajstić information content (AvgIpc) is 2.53. The number of sulfonamides is 1. The Kier molecular flexibility index (Phi) is 5.52. The van der Waals surface area contributed by atoms with Gasteiger partial charge in [-0.25, -0.2) is 8.42 Å². The highest BCUT2D eigenvalue weighted by molar-refractivity contribution is 7.93. The summed E-state index contributed by atoms with van der Waals surface area (Å²) in [6, 6.07) is 10.8. The molecular formula is C19H24N2O3S. The number of anilines is 1. The van der Waals surface area contributed by atoms with Crippen molar-refractivity contribution >= 4 is 21.6 Å². The van der Waals surface area contributed by atoms with Gasteiger partial charge in [0.2, 0.25) is 5.91 Å². The fourth-order valence-corrected chi connectivity index (χ4v) is 4.92. The molecule has 0 aliphatic rings. The molecule has 0 fully saturated rings. The molecule has 2 N–H and O–H groups in total. The molecule has 0 heterocycles. The van der Waals surface area contributed by atoms with Gasteiger partial charge in [-0.2, -0.15) is 0 Å². The van der Waals surface area contributed by atoms with Gasteiger partial charge in [-0.05, 0) is 62.1 Å². The number of hydrogen-bond donors (Lipinski definition) is 1. The number of carbonyl (C=O) groups is 1. The van der Waals surface area contributed by atoms with Crippen LogP contribution in [-0.2, 0) is 14.8 Å². The van der Waals surface area contributed by atoms with E-state index in [1.165, 1.54) is 4.31 Å². The van der Waals surface area contributed by atoms with Crippen LogP contribution in [0.2, 0.25) is 0 Å². The van der Waals surface area contributed by atoms with E-state index in [9.17, 15) is 13.2 Å². The summed E-state index contributed by atoms with van der Waals surface area (Å²) in [5.74, 6) is -0.537. The lowest BCUT2D eigenvalue weighted by molar-refractivity contribution is -0.117. The zero-order valence-corrected chi connectivity index (χ0v) is 15.9. The predicted octanol–water partition coefficient (Wildman–Crippen LogP) is 2.99. The zero-order valence-electron chi connectivity index (χ0n) is 15.0. The lowest BCUT2D eigenvalue weighted by Crippen LogP contribution is -2.35. The van der Waals surface area contributed by atoms with Gasteiger partial charge >= 0.3 is 0 Å². The number of hydrogen-bond acceptors (Lipinski definition) is 3. The molecule has 0 saturated carbocycles. The van der Waals surface area contributed by atoms with Crippen LogP contribution in [0.15, 0.2) is 41.3 Å². The van der Waals surface area contributed by atoms with Gasteiger partial charge in [-0.3, -0.25) is 9.10 Å². The van der Waals surface area contributed by atoms with E-state index in [0.29, 0.717) is 10.6 Å². The number of rotatable bonds is 6. The smallest absolute Gasteiger partial charge is 0.264 e. The Morgan fingerprint density at radius 3 is 2.00 bits per heavy atom. The first-order valence-electron chi connectivity index (χ1n) is 8.09. The van der Waals surface area contributed by atoms with Crippen molar-refractivity contribution in [2.45, 2.75) is 39.0 Å². The van der Waals surface area contributed by atoms with E-state index in [2.05, 4.69) is 0 Å². The largest absolute Gasteiger partial charge is 0.370 e. The van der Waals surface area contributed by atoms with E-state index in [0.717, 1.165) is 22.3 Å². The zero-order chi connectivity index (χ0) is 18.8. The molecule has 0 unspecified atom stereocenters. The average molecular weight is 360 g/mol. The highest BCUT2D eigenvalue weighted by Crippen LogP contribution is 2.31. The van der Waals surface area contributed by atoms with Gasteiger partial charge in [0.05, 0.1) is 10.6 Å². The van der Waals surface area contributed by atoms with Gasteiger partial charge in [0.15, 0.2) is 0 Å². The minimum Gasteiger partial charge on any atom is -0.370 e. The van der Waals surface area contributed by atoms with Gasteiger partial charge in [0.25, 0.3) is 10.0 Å². The first-order chi connectivity index (χ1) is 11.7. The number of para-hydroxylation sites is 1. The second kappa shape index (κ2) is 7.27. The summed E-state index contributed by atoms with van der Waals surface area (Å²) in [6.07, 6.45) is -0.0446. The van der Waals surface area contributed by atoms with E-state index in [4.69, 9.17) is 5.73 Å². The van der Waals surface area contributed by atoms with Gasteiger partial charge < -0.3 is 5.73 Å². The maximum absolute atomic E-state index is 13.5. The first-order valence-corrected chi connectivity index (χ1v) is 9.53. The summed E-state index contributed by atoms with van der Waals surface area (Å²) in [6.45, 7) is 7.43. The van der Waals surface area contributed by atoms with Crippen molar-refractivity contribution in [3.05, 3.63) is 58.7 Å². The molecule has 0 radical (unpaired) electrons. The van der Waals surface area contributed by atoms with E-state index in [-0.39, 0.29) is 13.0 Å². The van der Waals surface area contributed by atoms with Crippen molar-refractivity contribution in [3.8, 4) is 0 Å². The van der Waals surface area contributed by atoms with Crippen molar-refractivity contribution in [1.29, 1.82) is 0 Å². The molecule has 2 aromatic carbocycles. The van der Waals surface area contributed by atoms with Crippen LogP contribution in [-0.4, -0.2) is 20.9 Å². The highest BCUT2D eigenvalue weighted by Gasteiger charge is 2.29. The molecule has 0 aromatic heterocycles. The van der Waals surface area contributed by atoms with Crippen LogP contribution in [0, 0.1) is 27.7 Å². The quantitative estimate of drug-likeness (QED) is 0.860. The van der Waals surface area contributed by atoms with E-state index >= 15 is 0 Å². The predicted molar refractivity (Wildman–Crippen MR) is 100 cm³/mol. The Morgan fingerprint density at radius 1 is 1.00 bits per heavy atom. The molecule has 2 rings (SSSR count). The second-order valence-electron chi connectivity index (χ2n) is 6.22. The SMILES string of the molecule is Cc1cc(C)c(C)c(S(=O)(=O)N(CCC(N)=O)c2ccccc2)c1C. The van der Waals surface area contributed by atoms with Gasteiger partial charge in [0.1, 0.15) is 0 Å². The fraction of sp³-hybridized carbons (Fsp3) is 0.316. The Hall–Kier alpha value is -2.34. The lowest BCUT2D eigenvalue weighted by Gasteiger charge is -2.27. The number of primary amides is 1. The number of carbonyl (C=O) groups excluding carboxylic acids is 1. The number of benzene rings is 2. The Bertz CT molecular complexity index is 864. The second-order valence-corrected chi connectivity index (χ2v) is 8.02. The van der Waals surface area contributed by atoms with Gasteiger partial charge in [-0.1, -0.05) is 24.3 Å². The molecule has 0 atom stereocenters. The first kappa shape index (κ1) is 19.0. The minimum atomic E-state index is -3.83. The summed E-state index contributed by atoms with van der Waals surface area (Å²) in [5.41, 5.74) is 9.06. The van der Waals surface area contributed by atoms with Crippen molar-refractivity contribution in [1.82, 2.24) is 0 Å². The third-order valence-corrected chi connectivity index (χ3v) is 6.55. The van der Waals surface area contributed by atoms with Crippen LogP contribution >= 0.6 is 0 Å². The van der Waals surface area contributed by atoms with Crippen molar-refractivity contribution in [2.24, 2.45) is 5.73 Å². The molecule has 0 spiro atoms. The van der Waals surface area contributed by atoms with Crippen LogP contribution < -0.4 is 10.0 Å². The van der Waals surface area contributed by atoms with Crippen LogP contribution in [0.1, 0.15) is 28.7 Å². The number of nitrogens with two attached hydrogens (primary N) is 1. The van der Waals surface area contributed by atoms with E-state index in [1.807, 2.05) is 39.8 Å². The van der Waals surface area contributed by atoms with Crippen LogP contribution in [0.5, 0.6) is 0 Å². The molecule has 0 saturated heterocycles. The van der Waals surface area contributed by atoms with Crippen LogP contribution in [0.4, 0.5) is 5.69 Å². The standard InChI is InChI=1S/C19H24N2O3S/c1-13-12-14(2)16(4)19(15(13)3)25(23,24)21(11-10-18(20)22)17-8-6-5-7-9-17/h5-9,12H,10-11H2,1-4H3,(H2,20,22). The third kappa shape index (κ3) is 3.85. The molecule has 6 heteroatoms. The lowest BCUT2D eigenvalue weighted by atomic mass is 10.0. The Labute approximate surface area is 149 Å². The monoisotopic (exact) mass is 360 g/mol. The van der Waals surface area contributed by atoms with Crippen LogP contribution in [0.25, 0.3) is 0 Å². The van der Waals surface area contributed by atoms with E-state index < -0.39 is 15.9 Å². The fourth-order valence-electron chi connectivity index (χ4n) is 2.87. The number of nitrogens with zero attached hydrogens (tertiary/aromatic N) is 1. The minimum absolute atomic E-state index is 0.00749. The summed E-state index contributed by atoms with van der Waals surface area (Å²) >= 11 is 0. The molecule has 134 valence electrons. The molecule has 1 amide bonds. The molecule has 0 aliphatic heterocycles. The van der Waals surface area contributed by atoms with Crippen LogP contribution in [0.3, 0.4) is 0 Å². The Morgan fingerprint density at radius 2 is 1.52 bits per heavy atom. The maximum Gasteiger partial charge on any atom is 0.264 e. The molecule has 2 aromatic rings. The molecule has 0 bridgehead atoms. The summed E-state index contributed by atoms with van der Waals surface area (Å²) in [4.78, 5) is 11.5. The van der Waals surface area contributed by atoms with Crippen molar-refractivity contribution in [3.63, 3.8) is 0 Å². The molecule has 0 aliphatic carbocycles. The van der Waals surface area contributed by atoms with E-state index in [1.54, 1.807) is 24.3 Å². The van der Waals surface area contributed by atoms with Crippen molar-refractivity contribution in [2.75, 3.05) is 10.8 Å². The van der Waals surface area contributed by atoms with Crippen molar-refractivity contribution < 1.29 is 13.2 Å². The normalized spacial score (nSPS) is 11.4. The maximum atomic E-state index is 13.5. The molecule has 5 nitrogen and oxygen atoms in total. The molecule has 25 heavy (non-hydrogen) atoms. The third-order valence-electron chi connectivity index (χ3n) is 4.45. The van der Waals surface area contributed by atoms with Gasteiger partial charge in [0, 0.05) is 13.0 Å². The highest BCUT2D eigenvalue weighted by atomic mass is 32.2. The summed E-state index contributed by atoms with van der Waals surface area (Å²) in [7, 11) is -3.83. The summed E-state index contributed by atoms with van der Waals surface area (Å²) < 4.78 is 28.2. The summed E-state index contributed by atoms with van der Waals surface area (Å²) in [5, 5.41) is 0. The van der Waals surface area contributed by atoms with Gasteiger partial charge in [-0.15, -0.1) is 0 Å². The molecular weight excluding hydrogens is 336 g/mol. The number of amides is 1.